The SMILES string of the molecule is Cl.O=C(CN(Cc1ccccc1)c1ccccc1)c1ccc(Cl)cc1. The highest BCUT2D eigenvalue weighted by molar-refractivity contribution is 6.30. The summed E-state index contributed by atoms with van der Waals surface area (Å²) in [5.74, 6) is 0.0754. The molecule has 128 valence electrons. The van der Waals surface area contributed by atoms with Crippen molar-refractivity contribution in [1.82, 2.24) is 0 Å². The summed E-state index contributed by atoms with van der Waals surface area (Å²) in [5, 5.41) is 0.635. The molecule has 0 saturated heterocycles. The second kappa shape index (κ2) is 9.26. The zero-order valence-corrected chi connectivity index (χ0v) is 15.2. The van der Waals surface area contributed by atoms with Crippen molar-refractivity contribution < 1.29 is 4.79 Å². The third-order valence-electron chi connectivity index (χ3n) is 3.84. The molecule has 0 fully saturated rings. The van der Waals surface area contributed by atoms with Crippen LogP contribution in [0.25, 0.3) is 0 Å². The molecular formula is C21H19Cl2NO. The Kier molecular flexibility index (Phi) is 7.05. The summed E-state index contributed by atoms with van der Waals surface area (Å²) in [5.41, 5.74) is 2.88. The molecule has 0 N–H and O–H groups in total. The number of Topliss-reactive ketones (excluding diaryl/α,β-unsaturated/α-hetero) is 1. The van der Waals surface area contributed by atoms with E-state index >= 15 is 0 Å². The Morgan fingerprint density at radius 1 is 0.800 bits per heavy atom. The molecule has 4 heteroatoms. The van der Waals surface area contributed by atoms with Gasteiger partial charge in [-0.1, -0.05) is 60.1 Å². The highest BCUT2D eigenvalue weighted by Crippen LogP contribution is 2.18. The van der Waals surface area contributed by atoms with Crippen LogP contribution in [0.5, 0.6) is 0 Å². The topological polar surface area (TPSA) is 20.3 Å². The van der Waals surface area contributed by atoms with Crippen LogP contribution in [0, 0.1) is 0 Å². The van der Waals surface area contributed by atoms with Crippen molar-refractivity contribution in [3.05, 3.63) is 101 Å². The molecule has 0 aliphatic rings. The quantitative estimate of drug-likeness (QED) is 0.521. The van der Waals surface area contributed by atoms with Gasteiger partial charge in [-0.15, -0.1) is 12.4 Å². The van der Waals surface area contributed by atoms with Crippen molar-refractivity contribution in [2.24, 2.45) is 0 Å². The summed E-state index contributed by atoms with van der Waals surface area (Å²) in [6, 6.07) is 27.2. The van der Waals surface area contributed by atoms with E-state index in [9.17, 15) is 4.79 Å². The van der Waals surface area contributed by atoms with E-state index in [0.29, 0.717) is 23.7 Å². The van der Waals surface area contributed by atoms with E-state index in [1.54, 1.807) is 24.3 Å². The van der Waals surface area contributed by atoms with Crippen LogP contribution in [0.3, 0.4) is 0 Å². The molecule has 0 amide bonds. The van der Waals surface area contributed by atoms with Crippen LogP contribution in [0.15, 0.2) is 84.9 Å². The van der Waals surface area contributed by atoms with Crippen LogP contribution >= 0.6 is 24.0 Å². The molecule has 0 radical (unpaired) electrons. The largest absolute Gasteiger partial charge is 0.359 e. The van der Waals surface area contributed by atoms with E-state index < -0.39 is 0 Å². The van der Waals surface area contributed by atoms with Gasteiger partial charge in [0.05, 0.1) is 6.54 Å². The Balaban J connectivity index is 0.00000225. The average Bonchev–Trinajstić information content (AvgIpc) is 2.63. The van der Waals surface area contributed by atoms with Crippen LogP contribution in [0.4, 0.5) is 5.69 Å². The van der Waals surface area contributed by atoms with E-state index in [4.69, 9.17) is 11.6 Å². The fraction of sp³-hybridized carbons (Fsp3) is 0.0952. The van der Waals surface area contributed by atoms with Gasteiger partial charge in [-0.25, -0.2) is 0 Å². The van der Waals surface area contributed by atoms with E-state index in [-0.39, 0.29) is 18.2 Å². The van der Waals surface area contributed by atoms with Crippen molar-refractivity contribution in [3.8, 4) is 0 Å². The highest BCUT2D eigenvalue weighted by Gasteiger charge is 2.14. The molecule has 0 atom stereocenters. The van der Waals surface area contributed by atoms with Crippen molar-refractivity contribution >= 4 is 35.5 Å². The zero-order valence-electron chi connectivity index (χ0n) is 13.6. The monoisotopic (exact) mass is 371 g/mol. The summed E-state index contributed by atoms with van der Waals surface area (Å²) in [6.45, 7) is 1.00. The van der Waals surface area contributed by atoms with E-state index in [2.05, 4.69) is 17.0 Å². The second-order valence-corrected chi connectivity index (χ2v) is 6.04. The molecule has 0 spiro atoms. The molecule has 3 rings (SSSR count). The van der Waals surface area contributed by atoms with Gasteiger partial charge in [0.2, 0.25) is 0 Å². The Morgan fingerprint density at radius 3 is 1.96 bits per heavy atom. The number of anilines is 1. The molecule has 3 aromatic carbocycles. The molecule has 0 aliphatic heterocycles. The van der Waals surface area contributed by atoms with Crippen LogP contribution in [-0.2, 0) is 6.54 Å². The number of halogens is 2. The fourth-order valence-corrected chi connectivity index (χ4v) is 2.71. The average molecular weight is 372 g/mol. The Hall–Kier alpha value is -2.29. The molecule has 0 heterocycles. The Morgan fingerprint density at radius 2 is 1.36 bits per heavy atom. The van der Waals surface area contributed by atoms with Gasteiger partial charge in [-0.3, -0.25) is 4.79 Å². The van der Waals surface area contributed by atoms with Gasteiger partial charge >= 0.3 is 0 Å². The lowest BCUT2D eigenvalue weighted by molar-refractivity contribution is 0.0998. The number of carbonyl (C=O) groups excluding carboxylic acids is 1. The van der Waals surface area contributed by atoms with Gasteiger partial charge in [0.25, 0.3) is 0 Å². The number of ketones is 1. The molecule has 25 heavy (non-hydrogen) atoms. The first kappa shape index (κ1) is 19.0. The zero-order chi connectivity index (χ0) is 16.8. The third-order valence-corrected chi connectivity index (χ3v) is 4.09. The number of nitrogens with zero attached hydrogens (tertiary/aromatic N) is 1. The van der Waals surface area contributed by atoms with Gasteiger partial charge in [0.1, 0.15) is 0 Å². The van der Waals surface area contributed by atoms with Crippen LogP contribution < -0.4 is 4.90 Å². The first-order valence-corrected chi connectivity index (χ1v) is 8.23. The fourth-order valence-electron chi connectivity index (χ4n) is 2.58. The summed E-state index contributed by atoms with van der Waals surface area (Å²) in [6.07, 6.45) is 0. The predicted molar refractivity (Wildman–Crippen MR) is 107 cm³/mol. The molecule has 0 aromatic heterocycles. The second-order valence-electron chi connectivity index (χ2n) is 5.61. The van der Waals surface area contributed by atoms with Gasteiger partial charge < -0.3 is 4.90 Å². The predicted octanol–water partition coefficient (Wildman–Crippen LogP) is 5.65. The van der Waals surface area contributed by atoms with Crippen molar-refractivity contribution in [2.75, 3.05) is 11.4 Å². The standard InChI is InChI=1S/C21H18ClNO.ClH/c22-19-13-11-18(12-14-19)21(24)16-23(20-9-5-2-6-10-20)15-17-7-3-1-4-8-17;/h1-14H,15-16H2;1H. The first-order valence-electron chi connectivity index (χ1n) is 7.85. The number of para-hydroxylation sites is 1. The molecule has 0 unspecified atom stereocenters. The number of hydrogen-bond acceptors (Lipinski definition) is 2. The van der Waals surface area contributed by atoms with Crippen LogP contribution in [-0.4, -0.2) is 12.3 Å². The van der Waals surface area contributed by atoms with Gasteiger partial charge in [0.15, 0.2) is 5.78 Å². The minimum atomic E-state index is 0. The number of carbonyl (C=O) groups is 1. The summed E-state index contributed by atoms with van der Waals surface area (Å²) in [7, 11) is 0. The van der Waals surface area contributed by atoms with Crippen LogP contribution in [0.1, 0.15) is 15.9 Å². The third kappa shape index (κ3) is 5.35. The first-order chi connectivity index (χ1) is 11.7. The lowest BCUT2D eigenvalue weighted by Gasteiger charge is -2.24. The normalized spacial score (nSPS) is 9.96. The highest BCUT2D eigenvalue weighted by atomic mass is 35.5. The molecular weight excluding hydrogens is 353 g/mol. The molecule has 3 aromatic rings. The Labute approximate surface area is 159 Å². The van der Waals surface area contributed by atoms with Gasteiger partial charge in [-0.05, 0) is 42.0 Å². The minimum Gasteiger partial charge on any atom is -0.359 e. The smallest absolute Gasteiger partial charge is 0.182 e. The maximum atomic E-state index is 12.6. The van der Waals surface area contributed by atoms with Gasteiger partial charge in [0, 0.05) is 22.8 Å². The summed E-state index contributed by atoms with van der Waals surface area (Å²) in [4.78, 5) is 14.7. The Bertz CT molecular complexity index is 789. The van der Waals surface area contributed by atoms with Gasteiger partial charge in [-0.2, -0.15) is 0 Å². The minimum absolute atomic E-state index is 0. The summed E-state index contributed by atoms with van der Waals surface area (Å²) >= 11 is 5.90. The lowest BCUT2D eigenvalue weighted by Crippen LogP contribution is -2.29. The van der Waals surface area contributed by atoms with E-state index in [0.717, 1.165) is 5.69 Å². The molecule has 2 nitrogen and oxygen atoms in total. The lowest BCUT2D eigenvalue weighted by atomic mass is 10.1. The number of hydrogen-bond donors (Lipinski definition) is 0. The van der Waals surface area contributed by atoms with Crippen molar-refractivity contribution in [1.29, 1.82) is 0 Å². The molecule has 0 bridgehead atoms. The van der Waals surface area contributed by atoms with E-state index in [1.165, 1.54) is 5.56 Å². The summed E-state index contributed by atoms with van der Waals surface area (Å²) < 4.78 is 0. The van der Waals surface area contributed by atoms with Crippen LogP contribution in [0.2, 0.25) is 5.02 Å². The van der Waals surface area contributed by atoms with E-state index in [1.807, 2.05) is 48.5 Å². The maximum Gasteiger partial charge on any atom is 0.182 e. The number of benzene rings is 3. The molecule has 0 aliphatic carbocycles. The van der Waals surface area contributed by atoms with Crippen molar-refractivity contribution in [2.45, 2.75) is 6.54 Å². The molecule has 0 saturated carbocycles. The van der Waals surface area contributed by atoms with Crippen molar-refractivity contribution in [3.63, 3.8) is 0 Å². The number of rotatable bonds is 6. The maximum absolute atomic E-state index is 12.6.